The molecule has 1 aromatic carbocycles. The highest BCUT2D eigenvalue weighted by Crippen LogP contribution is 2.36. The van der Waals surface area contributed by atoms with Gasteiger partial charge in [-0.3, -0.25) is 0 Å². The summed E-state index contributed by atoms with van der Waals surface area (Å²) in [5.74, 6) is 0. The second kappa shape index (κ2) is 7.56. The van der Waals surface area contributed by atoms with Crippen molar-refractivity contribution in [3.05, 3.63) is 30.3 Å². The van der Waals surface area contributed by atoms with Gasteiger partial charge >= 0.3 is 7.12 Å². The SMILES string of the molecule is CB1OC(C)(C)C(C)(C)O1.CC.Nc1ccccc1. The molecule has 1 fully saturated rings. The molecule has 108 valence electrons. The summed E-state index contributed by atoms with van der Waals surface area (Å²) in [7, 11) is -0.0648. The Balaban J connectivity index is 0.000000316. The Bertz CT molecular complexity index is 336. The van der Waals surface area contributed by atoms with Crippen LogP contribution in [-0.4, -0.2) is 18.3 Å². The van der Waals surface area contributed by atoms with Crippen LogP contribution in [0.3, 0.4) is 0 Å². The van der Waals surface area contributed by atoms with Gasteiger partial charge in [0.05, 0.1) is 11.2 Å². The zero-order chi connectivity index (χ0) is 15.1. The molecular weight excluding hydrogens is 237 g/mol. The van der Waals surface area contributed by atoms with Crippen LogP contribution < -0.4 is 5.73 Å². The average Bonchev–Trinajstić information content (AvgIpc) is 2.50. The molecule has 0 spiro atoms. The fraction of sp³-hybridized carbons (Fsp3) is 0.600. The number of para-hydroxylation sites is 1. The predicted octanol–water partition coefficient (Wildman–Crippen LogP) is 4.00. The van der Waals surface area contributed by atoms with E-state index in [0.29, 0.717) is 0 Å². The average molecular weight is 265 g/mol. The zero-order valence-electron chi connectivity index (χ0n) is 13.4. The Morgan fingerprint density at radius 2 is 1.26 bits per heavy atom. The molecule has 0 radical (unpaired) electrons. The van der Waals surface area contributed by atoms with Crippen molar-refractivity contribution in [2.75, 3.05) is 5.73 Å². The van der Waals surface area contributed by atoms with E-state index in [4.69, 9.17) is 15.0 Å². The van der Waals surface area contributed by atoms with Crippen molar-refractivity contribution in [3.8, 4) is 0 Å². The summed E-state index contributed by atoms with van der Waals surface area (Å²) in [6, 6.07) is 9.49. The van der Waals surface area contributed by atoms with E-state index in [2.05, 4.69) is 27.7 Å². The minimum atomic E-state index is -0.160. The number of hydrogen-bond donors (Lipinski definition) is 1. The maximum atomic E-state index is 5.54. The van der Waals surface area contributed by atoms with Crippen LogP contribution >= 0.6 is 0 Å². The Morgan fingerprint density at radius 1 is 0.895 bits per heavy atom. The van der Waals surface area contributed by atoms with E-state index in [0.717, 1.165) is 5.69 Å². The number of nitrogen functional groups attached to an aromatic ring is 1. The summed E-state index contributed by atoms with van der Waals surface area (Å²) < 4.78 is 11.1. The largest absolute Gasteiger partial charge is 0.454 e. The van der Waals surface area contributed by atoms with Crippen molar-refractivity contribution in [2.45, 2.75) is 59.6 Å². The first-order valence-electron chi connectivity index (χ1n) is 6.91. The van der Waals surface area contributed by atoms with E-state index in [1.54, 1.807) is 0 Å². The molecule has 0 saturated carbocycles. The van der Waals surface area contributed by atoms with Crippen molar-refractivity contribution < 1.29 is 9.31 Å². The van der Waals surface area contributed by atoms with Crippen molar-refractivity contribution in [1.29, 1.82) is 0 Å². The molecule has 0 atom stereocenters. The maximum Gasteiger partial charge on any atom is 0.454 e. The highest BCUT2D eigenvalue weighted by molar-refractivity contribution is 6.43. The summed E-state index contributed by atoms with van der Waals surface area (Å²) in [5, 5.41) is 0. The third-order valence-electron chi connectivity index (χ3n) is 3.17. The Morgan fingerprint density at radius 3 is 1.42 bits per heavy atom. The van der Waals surface area contributed by atoms with Gasteiger partial charge in [0.2, 0.25) is 0 Å². The maximum absolute atomic E-state index is 5.54. The van der Waals surface area contributed by atoms with Crippen LogP contribution in [0.5, 0.6) is 0 Å². The molecule has 2 N–H and O–H groups in total. The Kier molecular flexibility index (Phi) is 7.16. The summed E-state index contributed by atoms with van der Waals surface area (Å²) in [6.07, 6.45) is 0. The molecule has 2 rings (SSSR count). The van der Waals surface area contributed by atoms with Gasteiger partial charge in [-0.2, -0.15) is 0 Å². The minimum absolute atomic E-state index is 0.0648. The van der Waals surface area contributed by atoms with E-state index >= 15 is 0 Å². The normalized spacial score (nSPS) is 18.8. The molecule has 0 aromatic heterocycles. The van der Waals surface area contributed by atoms with E-state index in [9.17, 15) is 0 Å². The quantitative estimate of drug-likeness (QED) is 0.569. The summed E-state index contributed by atoms with van der Waals surface area (Å²) in [6.45, 7) is 14.1. The lowest BCUT2D eigenvalue weighted by molar-refractivity contribution is 0.00578. The first-order chi connectivity index (χ1) is 8.74. The first kappa shape index (κ1) is 18.0. The zero-order valence-corrected chi connectivity index (χ0v) is 13.4. The molecule has 19 heavy (non-hydrogen) atoms. The van der Waals surface area contributed by atoms with Crippen LogP contribution in [-0.2, 0) is 9.31 Å². The van der Waals surface area contributed by atoms with Gasteiger partial charge < -0.3 is 15.0 Å². The van der Waals surface area contributed by atoms with Crippen LogP contribution in [0.1, 0.15) is 41.5 Å². The number of benzene rings is 1. The standard InChI is InChI=1S/C7H15BO2.C6H7N.C2H6/c1-6(2)7(3,4)10-8(5)9-6;7-6-4-2-1-3-5-6;1-2/h1-5H3;1-5H,7H2;1-2H3. The Hall–Kier alpha value is -0.995. The number of anilines is 1. The molecule has 1 saturated heterocycles. The first-order valence-corrected chi connectivity index (χ1v) is 6.91. The third-order valence-corrected chi connectivity index (χ3v) is 3.17. The lowest BCUT2D eigenvalue weighted by atomic mass is 9.90. The van der Waals surface area contributed by atoms with Crippen LogP contribution in [0.15, 0.2) is 30.3 Å². The summed E-state index contributed by atoms with van der Waals surface area (Å²) in [4.78, 5) is 0. The van der Waals surface area contributed by atoms with Gasteiger partial charge in [-0.05, 0) is 46.7 Å². The summed E-state index contributed by atoms with van der Waals surface area (Å²) in [5.41, 5.74) is 5.86. The monoisotopic (exact) mass is 265 g/mol. The second-order valence-electron chi connectivity index (χ2n) is 5.23. The fourth-order valence-corrected chi connectivity index (χ4v) is 1.59. The molecule has 0 unspecified atom stereocenters. The van der Waals surface area contributed by atoms with Gasteiger partial charge in [-0.1, -0.05) is 32.0 Å². The molecule has 1 heterocycles. The molecular formula is C15H28BNO2. The summed E-state index contributed by atoms with van der Waals surface area (Å²) >= 11 is 0. The highest BCUT2D eigenvalue weighted by atomic mass is 16.7. The van der Waals surface area contributed by atoms with Gasteiger partial charge in [0.15, 0.2) is 0 Å². The van der Waals surface area contributed by atoms with Gasteiger partial charge in [0.1, 0.15) is 0 Å². The van der Waals surface area contributed by atoms with Crippen molar-refractivity contribution >= 4 is 12.8 Å². The van der Waals surface area contributed by atoms with Crippen molar-refractivity contribution in [2.24, 2.45) is 0 Å². The second-order valence-corrected chi connectivity index (χ2v) is 5.23. The fourth-order valence-electron chi connectivity index (χ4n) is 1.59. The molecule has 1 aliphatic rings. The third kappa shape index (κ3) is 5.66. The van der Waals surface area contributed by atoms with Crippen LogP contribution in [0, 0.1) is 0 Å². The molecule has 1 aliphatic heterocycles. The topological polar surface area (TPSA) is 44.5 Å². The number of hydrogen-bond acceptors (Lipinski definition) is 3. The minimum Gasteiger partial charge on any atom is -0.403 e. The lowest BCUT2D eigenvalue weighted by Crippen LogP contribution is -2.41. The lowest BCUT2D eigenvalue weighted by Gasteiger charge is -2.32. The molecule has 0 amide bonds. The molecule has 3 nitrogen and oxygen atoms in total. The molecule has 4 heteroatoms. The molecule has 0 aliphatic carbocycles. The van der Waals surface area contributed by atoms with Gasteiger partial charge in [-0.15, -0.1) is 0 Å². The van der Waals surface area contributed by atoms with E-state index in [1.165, 1.54) is 0 Å². The van der Waals surface area contributed by atoms with Gasteiger partial charge in [0, 0.05) is 5.69 Å². The van der Waals surface area contributed by atoms with Gasteiger partial charge in [-0.25, -0.2) is 0 Å². The number of rotatable bonds is 0. The van der Waals surface area contributed by atoms with Gasteiger partial charge in [0.25, 0.3) is 0 Å². The molecule has 1 aromatic rings. The smallest absolute Gasteiger partial charge is 0.403 e. The highest BCUT2D eigenvalue weighted by Gasteiger charge is 2.48. The van der Waals surface area contributed by atoms with E-state index in [-0.39, 0.29) is 18.3 Å². The van der Waals surface area contributed by atoms with Crippen molar-refractivity contribution in [3.63, 3.8) is 0 Å². The van der Waals surface area contributed by atoms with E-state index in [1.807, 2.05) is 51.0 Å². The predicted molar refractivity (Wildman–Crippen MR) is 84.1 cm³/mol. The van der Waals surface area contributed by atoms with Crippen LogP contribution in [0.4, 0.5) is 5.69 Å². The molecule has 0 bridgehead atoms. The van der Waals surface area contributed by atoms with Crippen LogP contribution in [0.2, 0.25) is 6.82 Å². The number of nitrogens with two attached hydrogens (primary N) is 1. The van der Waals surface area contributed by atoms with E-state index < -0.39 is 0 Å². The Labute approximate surface area is 118 Å². The van der Waals surface area contributed by atoms with Crippen molar-refractivity contribution in [1.82, 2.24) is 0 Å². The van der Waals surface area contributed by atoms with Crippen LogP contribution in [0.25, 0.3) is 0 Å².